The standard InChI is InChI=1S/C11H27BN2O3/c1-11(2,3)13-5-7-16-9-10-17-8-6-14-12(4)15/h13-15H,5-10H2,1-4H3. The highest BCUT2D eigenvalue weighted by Gasteiger charge is 2.06. The molecule has 0 aliphatic carbocycles. The van der Waals surface area contributed by atoms with Gasteiger partial charge in [0.25, 0.3) is 0 Å². The van der Waals surface area contributed by atoms with E-state index in [-0.39, 0.29) is 5.54 Å². The molecule has 3 N–H and O–H groups in total. The first-order valence-corrected chi connectivity index (χ1v) is 6.24. The van der Waals surface area contributed by atoms with Crippen molar-refractivity contribution in [2.75, 3.05) is 39.5 Å². The van der Waals surface area contributed by atoms with Crippen LogP contribution in [0.3, 0.4) is 0 Å². The van der Waals surface area contributed by atoms with Crippen LogP contribution in [0.25, 0.3) is 0 Å². The van der Waals surface area contributed by atoms with Gasteiger partial charge in [0.2, 0.25) is 0 Å². The van der Waals surface area contributed by atoms with Crippen molar-refractivity contribution in [3.63, 3.8) is 0 Å². The summed E-state index contributed by atoms with van der Waals surface area (Å²) in [6, 6.07) is 0. The first-order chi connectivity index (χ1) is 7.92. The summed E-state index contributed by atoms with van der Waals surface area (Å²) in [6.07, 6.45) is 0. The van der Waals surface area contributed by atoms with E-state index in [9.17, 15) is 0 Å². The fourth-order valence-corrected chi connectivity index (χ4v) is 1.16. The van der Waals surface area contributed by atoms with Gasteiger partial charge in [0, 0.05) is 18.6 Å². The highest BCUT2D eigenvalue weighted by Crippen LogP contribution is 1.96. The molecule has 0 saturated heterocycles. The van der Waals surface area contributed by atoms with Crippen LogP contribution < -0.4 is 10.5 Å². The second-order valence-electron chi connectivity index (χ2n) is 5.03. The third kappa shape index (κ3) is 15.9. The van der Waals surface area contributed by atoms with Crippen molar-refractivity contribution in [1.82, 2.24) is 10.5 Å². The van der Waals surface area contributed by atoms with Crippen LogP contribution in [0.1, 0.15) is 20.8 Å². The Morgan fingerprint density at radius 1 is 1.00 bits per heavy atom. The van der Waals surface area contributed by atoms with Gasteiger partial charge < -0.3 is 25.0 Å². The van der Waals surface area contributed by atoms with E-state index in [1.54, 1.807) is 6.82 Å². The number of hydrogen-bond acceptors (Lipinski definition) is 5. The van der Waals surface area contributed by atoms with Gasteiger partial charge in [0.1, 0.15) is 0 Å². The number of rotatable bonds is 10. The van der Waals surface area contributed by atoms with Gasteiger partial charge in [0.05, 0.1) is 26.4 Å². The van der Waals surface area contributed by atoms with Crippen LogP contribution >= 0.6 is 0 Å². The van der Waals surface area contributed by atoms with E-state index in [4.69, 9.17) is 14.5 Å². The van der Waals surface area contributed by atoms with Crippen LogP contribution in [0.4, 0.5) is 0 Å². The van der Waals surface area contributed by atoms with Crippen molar-refractivity contribution < 1.29 is 14.5 Å². The third-order valence-corrected chi connectivity index (χ3v) is 1.96. The van der Waals surface area contributed by atoms with E-state index in [0.717, 1.165) is 6.54 Å². The summed E-state index contributed by atoms with van der Waals surface area (Å²) in [5.41, 5.74) is 0.145. The van der Waals surface area contributed by atoms with Crippen LogP contribution in [-0.2, 0) is 9.47 Å². The molecule has 0 atom stereocenters. The summed E-state index contributed by atoms with van der Waals surface area (Å²) < 4.78 is 10.7. The predicted molar refractivity (Wildman–Crippen MR) is 71.2 cm³/mol. The molecule has 0 rings (SSSR count). The molecule has 102 valence electrons. The maximum atomic E-state index is 8.92. The third-order valence-electron chi connectivity index (χ3n) is 1.96. The predicted octanol–water partition coefficient (Wildman–Crippen LogP) is 0.108. The molecule has 0 radical (unpaired) electrons. The van der Waals surface area contributed by atoms with E-state index >= 15 is 0 Å². The van der Waals surface area contributed by atoms with Gasteiger partial charge >= 0.3 is 7.05 Å². The molecule has 0 aliphatic rings. The van der Waals surface area contributed by atoms with Gasteiger partial charge in [-0.15, -0.1) is 0 Å². The van der Waals surface area contributed by atoms with E-state index in [2.05, 4.69) is 31.3 Å². The Bertz CT molecular complexity index is 175. The molecule has 0 saturated carbocycles. The molecular formula is C11H27BN2O3. The van der Waals surface area contributed by atoms with Crippen LogP contribution in [-0.4, -0.2) is 57.1 Å². The van der Waals surface area contributed by atoms with Gasteiger partial charge in [-0.05, 0) is 27.6 Å². The van der Waals surface area contributed by atoms with E-state index in [0.29, 0.717) is 33.0 Å². The normalized spacial score (nSPS) is 11.8. The lowest BCUT2D eigenvalue weighted by Crippen LogP contribution is -2.38. The molecular weight excluding hydrogens is 219 g/mol. The maximum absolute atomic E-state index is 8.92. The Labute approximate surface area is 105 Å². The summed E-state index contributed by atoms with van der Waals surface area (Å²) >= 11 is 0. The molecule has 0 heterocycles. The molecule has 0 aromatic heterocycles. The number of ether oxygens (including phenoxy) is 2. The molecule has 0 bridgehead atoms. The van der Waals surface area contributed by atoms with E-state index in [1.165, 1.54) is 0 Å². The monoisotopic (exact) mass is 246 g/mol. The zero-order valence-corrected chi connectivity index (χ0v) is 11.6. The van der Waals surface area contributed by atoms with Crippen LogP contribution in [0, 0.1) is 0 Å². The first kappa shape index (κ1) is 16.9. The van der Waals surface area contributed by atoms with Crippen LogP contribution in [0.5, 0.6) is 0 Å². The van der Waals surface area contributed by atoms with Crippen molar-refractivity contribution in [2.45, 2.75) is 33.1 Å². The largest absolute Gasteiger partial charge is 0.437 e. The molecule has 0 amide bonds. The fraction of sp³-hybridized carbons (Fsp3) is 1.00. The van der Waals surface area contributed by atoms with Gasteiger partial charge in [-0.3, -0.25) is 0 Å². The molecule has 0 aliphatic heterocycles. The number of hydrogen-bond donors (Lipinski definition) is 3. The maximum Gasteiger partial charge on any atom is 0.373 e. The Hall–Kier alpha value is -0.135. The zero-order valence-electron chi connectivity index (χ0n) is 11.6. The topological polar surface area (TPSA) is 62.8 Å². The Kier molecular flexibility index (Phi) is 9.77. The molecule has 17 heavy (non-hydrogen) atoms. The summed E-state index contributed by atoms with van der Waals surface area (Å²) in [4.78, 5) is 0. The highest BCUT2D eigenvalue weighted by molar-refractivity contribution is 6.45. The number of nitrogens with one attached hydrogen (secondary N) is 2. The van der Waals surface area contributed by atoms with Crippen molar-refractivity contribution in [1.29, 1.82) is 0 Å². The lowest BCUT2D eigenvalue weighted by atomic mass is 9.89. The lowest BCUT2D eigenvalue weighted by Gasteiger charge is -2.20. The van der Waals surface area contributed by atoms with Crippen molar-refractivity contribution in [3.05, 3.63) is 0 Å². The van der Waals surface area contributed by atoms with Crippen molar-refractivity contribution in [2.24, 2.45) is 0 Å². The minimum Gasteiger partial charge on any atom is -0.437 e. The van der Waals surface area contributed by atoms with Gasteiger partial charge in [-0.2, -0.15) is 0 Å². The second kappa shape index (κ2) is 9.85. The van der Waals surface area contributed by atoms with E-state index in [1.807, 2.05) is 0 Å². The fourth-order valence-electron chi connectivity index (χ4n) is 1.16. The summed E-state index contributed by atoms with van der Waals surface area (Å²) in [6.45, 7) is 12.1. The minimum absolute atomic E-state index is 0.145. The highest BCUT2D eigenvalue weighted by atomic mass is 16.5. The van der Waals surface area contributed by atoms with Crippen molar-refractivity contribution in [3.8, 4) is 0 Å². The average Bonchev–Trinajstić information content (AvgIpc) is 2.18. The van der Waals surface area contributed by atoms with Crippen molar-refractivity contribution >= 4 is 7.05 Å². The van der Waals surface area contributed by atoms with E-state index < -0.39 is 7.05 Å². The summed E-state index contributed by atoms with van der Waals surface area (Å²) in [5, 5.41) is 15.1. The summed E-state index contributed by atoms with van der Waals surface area (Å²) in [5.74, 6) is 0. The molecule has 0 spiro atoms. The van der Waals surface area contributed by atoms with Gasteiger partial charge in [0.15, 0.2) is 0 Å². The molecule has 0 aromatic carbocycles. The Morgan fingerprint density at radius 2 is 1.53 bits per heavy atom. The van der Waals surface area contributed by atoms with Crippen LogP contribution in [0.15, 0.2) is 0 Å². The van der Waals surface area contributed by atoms with Gasteiger partial charge in [-0.1, -0.05) is 0 Å². The molecule has 0 fully saturated rings. The quantitative estimate of drug-likeness (QED) is 0.377. The van der Waals surface area contributed by atoms with Crippen LogP contribution in [0.2, 0.25) is 6.82 Å². The molecule has 0 aromatic rings. The smallest absolute Gasteiger partial charge is 0.373 e. The lowest BCUT2D eigenvalue weighted by molar-refractivity contribution is 0.0494. The average molecular weight is 246 g/mol. The second-order valence-corrected chi connectivity index (χ2v) is 5.03. The Balaban J connectivity index is 3.04. The van der Waals surface area contributed by atoms with Gasteiger partial charge in [-0.25, -0.2) is 0 Å². The molecule has 5 nitrogen and oxygen atoms in total. The first-order valence-electron chi connectivity index (χ1n) is 6.24. The summed E-state index contributed by atoms with van der Waals surface area (Å²) in [7, 11) is -0.474. The zero-order chi connectivity index (χ0) is 13.1. The molecule has 0 unspecified atom stereocenters. The SMILES string of the molecule is CB(O)NCCOCCOCCNC(C)(C)C. The molecule has 6 heteroatoms. The minimum atomic E-state index is -0.474. The Morgan fingerprint density at radius 3 is 2.00 bits per heavy atom.